The Morgan fingerprint density at radius 3 is 1.92 bits per heavy atom. The summed E-state index contributed by atoms with van der Waals surface area (Å²) in [5.41, 5.74) is 8.09. The van der Waals surface area contributed by atoms with Gasteiger partial charge in [-0.15, -0.1) is 47.0 Å². The van der Waals surface area contributed by atoms with Crippen LogP contribution in [0, 0.1) is 18.8 Å². The van der Waals surface area contributed by atoms with Crippen molar-refractivity contribution in [2.45, 2.75) is 105 Å². The van der Waals surface area contributed by atoms with Crippen molar-refractivity contribution in [1.29, 1.82) is 0 Å². The fourth-order valence-electron chi connectivity index (χ4n) is 6.78. The Morgan fingerprint density at radius 1 is 0.623 bits per heavy atom. The number of anilines is 3. The second-order valence-corrected chi connectivity index (χ2v) is 18.3. The van der Waals surface area contributed by atoms with Crippen molar-refractivity contribution in [3.8, 4) is 17.3 Å². The average Bonchev–Trinajstić information content (AvgIpc) is 3.62. The fourth-order valence-corrected chi connectivity index (χ4v) is 6.78. The minimum atomic E-state index is -2.38. The van der Waals surface area contributed by atoms with Crippen LogP contribution in [0.2, 0.25) is 0 Å². The van der Waals surface area contributed by atoms with E-state index in [1.54, 1.807) is 6.67 Å². The third-order valence-electron chi connectivity index (χ3n) is 10.1. The Labute approximate surface area is 335 Å². The topological polar surface area (TPSA) is 33.5 Å². The molecule has 53 heavy (non-hydrogen) atoms. The van der Waals surface area contributed by atoms with Crippen LogP contribution in [0.15, 0.2) is 79.0 Å². The van der Waals surface area contributed by atoms with E-state index < -0.39 is 6.98 Å². The Morgan fingerprint density at radius 2 is 1.26 bits per heavy atom. The minimum Gasteiger partial charge on any atom is -0.509 e. The monoisotopic (exact) mass is 887 g/mol. The molecule has 0 spiro atoms. The Kier molecular flexibility index (Phi) is 8.73. The fraction of sp³-hybridized carbons (Fsp3) is 0.362. The van der Waals surface area contributed by atoms with Crippen molar-refractivity contribution in [3.63, 3.8) is 0 Å². The number of hydrogen-bond donors (Lipinski definition) is 0. The molecule has 2 aromatic heterocycles. The zero-order chi connectivity index (χ0) is 40.0. The van der Waals surface area contributed by atoms with Crippen LogP contribution in [-0.4, -0.2) is 16.5 Å². The molecule has 0 amide bonds. The van der Waals surface area contributed by atoms with Crippen LogP contribution in [-0.2, 0) is 42.7 Å². The number of ether oxygens (including phenoxy) is 1. The summed E-state index contributed by atoms with van der Waals surface area (Å²) < 4.78 is 34.1. The summed E-state index contributed by atoms with van der Waals surface area (Å²) in [6.45, 7) is 25.5. The van der Waals surface area contributed by atoms with Gasteiger partial charge in [-0.2, -0.15) is 12.7 Å². The van der Waals surface area contributed by atoms with Crippen LogP contribution in [0.3, 0.4) is 0 Å². The van der Waals surface area contributed by atoms with Gasteiger partial charge in [-0.05, 0) is 81.0 Å². The van der Waals surface area contributed by atoms with Gasteiger partial charge in [0.25, 0.3) is 0 Å². The van der Waals surface area contributed by atoms with E-state index in [0.717, 1.165) is 44.4 Å². The number of fused-ring (bicyclic) bond motifs is 4. The van der Waals surface area contributed by atoms with Gasteiger partial charge in [-0.25, -0.2) is 4.98 Å². The first-order valence-corrected chi connectivity index (χ1v) is 18.2. The third kappa shape index (κ3) is 7.39. The number of nitrogens with zero attached hydrogens (tertiary/aromatic N) is 4. The van der Waals surface area contributed by atoms with Gasteiger partial charge in [-0.1, -0.05) is 107 Å². The summed E-state index contributed by atoms with van der Waals surface area (Å²) in [6, 6.07) is 32.3. The maximum Gasteiger partial charge on any atom is 0.135 e. The van der Waals surface area contributed by atoms with Crippen molar-refractivity contribution < 1.29 is 29.9 Å². The molecule has 0 saturated carbocycles. The summed E-state index contributed by atoms with van der Waals surface area (Å²) >= 11 is 0. The molecule has 7 rings (SSSR count). The maximum atomic E-state index is 8.40. The third-order valence-corrected chi connectivity index (χ3v) is 10.1. The first kappa shape index (κ1) is 34.7. The normalized spacial score (nSPS) is 14.9. The van der Waals surface area contributed by atoms with Gasteiger partial charge in [0.2, 0.25) is 0 Å². The molecule has 0 atom stereocenters. The summed E-state index contributed by atoms with van der Waals surface area (Å²) in [6.07, 6.45) is 1.89. The number of aromatic nitrogens is 2. The van der Waals surface area contributed by atoms with Gasteiger partial charge in [0.05, 0.1) is 0 Å². The van der Waals surface area contributed by atoms with Crippen LogP contribution < -0.4 is 14.5 Å². The molecule has 6 aromatic rings. The van der Waals surface area contributed by atoms with Crippen molar-refractivity contribution in [1.82, 2.24) is 9.55 Å². The van der Waals surface area contributed by atoms with E-state index in [2.05, 4.69) is 148 Å². The minimum absolute atomic E-state index is 0. The molecule has 5 nitrogen and oxygen atoms in total. The molecule has 0 fully saturated rings. The summed E-state index contributed by atoms with van der Waals surface area (Å²) in [5.74, 6) is 1.87. The second-order valence-electron chi connectivity index (χ2n) is 18.3. The first-order valence-electron chi connectivity index (χ1n) is 19.7. The van der Waals surface area contributed by atoms with E-state index in [9.17, 15) is 0 Å². The van der Waals surface area contributed by atoms with Crippen LogP contribution >= 0.6 is 0 Å². The van der Waals surface area contributed by atoms with E-state index >= 15 is 0 Å². The molecule has 6 heteroatoms. The molecule has 3 heterocycles. The molecule has 1 aliphatic rings. The number of pyridine rings is 1. The molecular weight excluding hydrogens is 832 g/mol. The van der Waals surface area contributed by atoms with Crippen molar-refractivity contribution >= 4 is 38.9 Å². The Hall–Kier alpha value is -4.08. The van der Waals surface area contributed by atoms with Crippen LogP contribution in [0.1, 0.15) is 109 Å². The van der Waals surface area contributed by atoms with Gasteiger partial charge in [0.1, 0.15) is 5.82 Å². The van der Waals surface area contributed by atoms with Crippen molar-refractivity contribution in [2.75, 3.05) is 16.8 Å². The van der Waals surface area contributed by atoms with E-state index in [4.69, 9.17) is 13.8 Å². The molecule has 0 aliphatic carbocycles. The Balaban J connectivity index is 0.00000532. The summed E-state index contributed by atoms with van der Waals surface area (Å²) in [5, 5.41) is 2.20. The Bertz CT molecular complexity index is 2440. The smallest absolute Gasteiger partial charge is 0.135 e. The zero-order valence-electron chi connectivity index (χ0n) is 36.1. The molecule has 0 saturated heterocycles. The van der Waals surface area contributed by atoms with Crippen LogP contribution in [0.4, 0.5) is 17.1 Å². The quantitative estimate of drug-likeness (QED) is 0.165. The largest absolute Gasteiger partial charge is 0.509 e. The van der Waals surface area contributed by atoms with Crippen molar-refractivity contribution in [2.24, 2.45) is 0 Å². The SMILES string of the molecule is [2H]C([2H])([2H])N1[CH-]N(c2[c-]c(Oc3[c-]c4c(cc3)c3cc(C(C)(C)C)ccc3n4-c3cc(C(C)(C)C)ccn3)cc(C(C)(C)C)c2)c2ccc(C(C)(C)C)cc21.[Pt]. The number of benzene rings is 4. The van der Waals surface area contributed by atoms with Crippen LogP contribution in [0.25, 0.3) is 27.6 Å². The predicted molar refractivity (Wildman–Crippen MR) is 219 cm³/mol. The van der Waals surface area contributed by atoms with E-state index in [-0.39, 0.29) is 42.7 Å². The predicted octanol–water partition coefficient (Wildman–Crippen LogP) is 12.5. The van der Waals surface area contributed by atoms with Gasteiger partial charge < -0.3 is 19.1 Å². The van der Waals surface area contributed by atoms with Gasteiger partial charge >= 0.3 is 0 Å². The first-order chi connectivity index (χ1) is 25.4. The zero-order valence-corrected chi connectivity index (χ0v) is 35.4. The van der Waals surface area contributed by atoms with Gasteiger partial charge in [0, 0.05) is 59.8 Å². The van der Waals surface area contributed by atoms with E-state index in [0.29, 0.717) is 22.9 Å². The van der Waals surface area contributed by atoms with Crippen molar-refractivity contribution in [3.05, 3.63) is 120 Å². The molecule has 4 aromatic carbocycles. The molecular formula is C47H53N4OPt-3. The molecule has 0 unspecified atom stereocenters. The maximum absolute atomic E-state index is 8.40. The second kappa shape index (κ2) is 13.3. The summed E-state index contributed by atoms with van der Waals surface area (Å²) in [4.78, 5) is 8.16. The van der Waals surface area contributed by atoms with E-state index in [1.165, 1.54) is 16.0 Å². The molecule has 0 bridgehead atoms. The molecule has 0 N–H and O–H groups in total. The molecule has 0 radical (unpaired) electrons. The standard InChI is InChI=1S/C47H53N4O.Pt/c1-44(2,3)30-14-18-39-38(24-30)37-17-16-35(28-41(37)51(39)43-26-32(20-21-48-43)46(7,8)9)52-36-23-33(47(10,11)12)22-34(27-36)50-29-49(13)42-25-31(45(4,5)6)15-19-40(42)50;/h14-26,29H,1-13H3;/q-3;/i13D3;. The van der Waals surface area contributed by atoms with E-state index in [1.807, 2.05) is 35.4 Å². The molecule has 1 aliphatic heterocycles. The van der Waals surface area contributed by atoms with Gasteiger partial charge in [0.15, 0.2) is 0 Å². The van der Waals surface area contributed by atoms with Crippen LogP contribution in [0.5, 0.6) is 11.5 Å². The van der Waals surface area contributed by atoms with Gasteiger partial charge in [-0.3, -0.25) is 0 Å². The average molecular weight is 888 g/mol. The number of hydrogen-bond acceptors (Lipinski definition) is 4. The summed E-state index contributed by atoms with van der Waals surface area (Å²) in [7, 11) is 0. The molecule has 280 valence electrons. The number of rotatable bonds is 4.